The lowest BCUT2D eigenvalue weighted by Gasteiger charge is -2.18. The van der Waals surface area contributed by atoms with E-state index in [0.29, 0.717) is 19.3 Å². The molecular formula is C70H126O6. The van der Waals surface area contributed by atoms with Gasteiger partial charge >= 0.3 is 17.9 Å². The molecule has 0 fully saturated rings. The van der Waals surface area contributed by atoms with E-state index in [1.54, 1.807) is 0 Å². The van der Waals surface area contributed by atoms with Crippen LogP contribution >= 0.6 is 0 Å². The first-order valence-corrected chi connectivity index (χ1v) is 33.3. The minimum Gasteiger partial charge on any atom is -0.462 e. The van der Waals surface area contributed by atoms with Gasteiger partial charge in [0.1, 0.15) is 13.2 Å². The molecule has 6 heteroatoms. The van der Waals surface area contributed by atoms with E-state index >= 15 is 0 Å². The molecular weight excluding hydrogens is 937 g/mol. The van der Waals surface area contributed by atoms with E-state index in [0.717, 1.165) is 96.3 Å². The van der Waals surface area contributed by atoms with Crippen molar-refractivity contribution < 1.29 is 28.6 Å². The molecule has 442 valence electrons. The van der Waals surface area contributed by atoms with Crippen LogP contribution in [0.15, 0.2) is 60.8 Å². The molecule has 0 N–H and O–H groups in total. The summed E-state index contributed by atoms with van der Waals surface area (Å²) in [4.78, 5) is 38.2. The fraction of sp³-hybridized carbons (Fsp3) is 0.814. The van der Waals surface area contributed by atoms with Gasteiger partial charge in [0, 0.05) is 19.3 Å². The molecule has 0 spiro atoms. The molecule has 0 aromatic rings. The Morgan fingerprint density at radius 3 is 0.868 bits per heavy atom. The number of carbonyl (C=O) groups is 3. The summed E-state index contributed by atoms with van der Waals surface area (Å²) in [7, 11) is 0. The molecule has 0 radical (unpaired) electrons. The average Bonchev–Trinajstić information content (AvgIpc) is 3.42. The third-order valence-corrected chi connectivity index (χ3v) is 14.7. The van der Waals surface area contributed by atoms with E-state index in [4.69, 9.17) is 14.2 Å². The Balaban J connectivity index is 4.14. The second-order valence-electron chi connectivity index (χ2n) is 22.4. The lowest BCUT2D eigenvalue weighted by Crippen LogP contribution is -2.30. The van der Waals surface area contributed by atoms with E-state index in [-0.39, 0.29) is 31.1 Å². The minimum absolute atomic E-state index is 0.0719. The zero-order chi connectivity index (χ0) is 55.0. The van der Waals surface area contributed by atoms with Crippen LogP contribution in [0, 0.1) is 0 Å². The van der Waals surface area contributed by atoms with Gasteiger partial charge in [-0.3, -0.25) is 14.4 Å². The van der Waals surface area contributed by atoms with Crippen LogP contribution in [0.4, 0.5) is 0 Å². The lowest BCUT2D eigenvalue weighted by atomic mass is 10.0. The van der Waals surface area contributed by atoms with Crippen molar-refractivity contribution in [2.24, 2.45) is 0 Å². The van der Waals surface area contributed by atoms with Crippen LogP contribution in [0.2, 0.25) is 0 Å². The van der Waals surface area contributed by atoms with Crippen molar-refractivity contribution >= 4 is 17.9 Å². The Bertz CT molecular complexity index is 1360. The van der Waals surface area contributed by atoms with Gasteiger partial charge < -0.3 is 14.2 Å². The molecule has 0 heterocycles. The van der Waals surface area contributed by atoms with Crippen molar-refractivity contribution in [1.29, 1.82) is 0 Å². The predicted octanol–water partition coefficient (Wildman–Crippen LogP) is 22.7. The second kappa shape index (κ2) is 64.6. The van der Waals surface area contributed by atoms with Gasteiger partial charge in [-0.2, -0.15) is 0 Å². The normalized spacial score (nSPS) is 12.4. The molecule has 0 saturated carbocycles. The third kappa shape index (κ3) is 62.0. The Morgan fingerprint density at radius 1 is 0.276 bits per heavy atom. The van der Waals surface area contributed by atoms with Crippen molar-refractivity contribution in [3.05, 3.63) is 60.8 Å². The fourth-order valence-electron chi connectivity index (χ4n) is 9.79. The Hall–Kier alpha value is -2.89. The average molecular weight is 1060 g/mol. The summed E-state index contributed by atoms with van der Waals surface area (Å²) in [5.74, 6) is -0.862. The molecule has 1 atom stereocenters. The molecule has 0 aromatic carbocycles. The summed E-state index contributed by atoms with van der Waals surface area (Å²) < 4.78 is 16.9. The summed E-state index contributed by atoms with van der Waals surface area (Å²) in [6, 6.07) is 0. The molecule has 0 aliphatic carbocycles. The molecule has 1 unspecified atom stereocenters. The van der Waals surface area contributed by atoms with Gasteiger partial charge in [0.25, 0.3) is 0 Å². The SMILES string of the molecule is CC/C=C\C/C=C\C/C=C\C/C=C\CCCCCCCCCCCCCCCCCCC(=O)OCC(COC(=O)CCCCCCC/C=C\CCC)OC(=O)CCCCCCCCCCCCCCCCCCCCC. The number of ether oxygens (including phenoxy) is 3. The standard InChI is InChI=1S/C70H126O6/c1-4-7-10-13-16-19-22-24-26-28-30-31-32-33-34-35-36-37-38-39-41-42-44-46-48-51-54-57-60-63-69(72)75-66-67(65-74-68(71)62-59-56-53-50-21-18-15-12-9-6-3)76-70(73)64-61-58-55-52-49-47-45-43-40-29-27-25-23-20-17-14-11-8-5-2/h7,10,12,15-16,19,24,26,30-31,67H,4-6,8-9,11,13-14,17-18,20-23,25,27-29,32-66H2,1-3H3/b10-7-,15-12-,19-16-,26-24-,31-30-. The van der Waals surface area contributed by atoms with E-state index in [9.17, 15) is 14.4 Å². The number of carbonyl (C=O) groups excluding carboxylic acids is 3. The molecule has 6 nitrogen and oxygen atoms in total. The van der Waals surface area contributed by atoms with Crippen LogP contribution in [-0.2, 0) is 28.6 Å². The summed E-state index contributed by atoms with van der Waals surface area (Å²) >= 11 is 0. The van der Waals surface area contributed by atoms with E-state index in [1.165, 1.54) is 212 Å². The Labute approximate surface area is 472 Å². The van der Waals surface area contributed by atoms with Gasteiger partial charge in [-0.1, -0.05) is 313 Å². The van der Waals surface area contributed by atoms with Crippen molar-refractivity contribution in [3.8, 4) is 0 Å². The topological polar surface area (TPSA) is 78.9 Å². The fourth-order valence-corrected chi connectivity index (χ4v) is 9.79. The van der Waals surface area contributed by atoms with E-state index in [2.05, 4.69) is 81.5 Å². The highest BCUT2D eigenvalue weighted by molar-refractivity contribution is 5.71. The zero-order valence-electron chi connectivity index (χ0n) is 50.8. The largest absolute Gasteiger partial charge is 0.462 e. The van der Waals surface area contributed by atoms with Crippen LogP contribution in [0.1, 0.15) is 348 Å². The highest BCUT2D eigenvalue weighted by Crippen LogP contribution is 2.18. The first-order valence-electron chi connectivity index (χ1n) is 33.3. The third-order valence-electron chi connectivity index (χ3n) is 14.7. The first-order chi connectivity index (χ1) is 37.5. The number of hydrogen-bond donors (Lipinski definition) is 0. The van der Waals surface area contributed by atoms with Crippen molar-refractivity contribution in [2.45, 2.75) is 354 Å². The molecule has 76 heavy (non-hydrogen) atoms. The van der Waals surface area contributed by atoms with Crippen LogP contribution in [0.5, 0.6) is 0 Å². The van der Waals surface area contributed by atoms with Crippen molar-refractivity contribution in [1.82, 2.24) is 0 Å². The van der Waals surface area contributed by atoms with Crippen LogP contribution in [0.3, 0.4) is 0 Å². The molecule has 0 aromatic heterocycles. The number of hydrogen-bond acceptors (Lipinski definition) is 6. The molecule has 0 bridgehead atoms. The van der Waals surface area contributed by atoms with Gasteiger partial charge in [0.15, 0.2) is 6.10 Å². The van der Waals surface area contributed by atoms with Gasteiger partial charge in [0.05, 0.1) is 0 Å². The van der Waals surface area contributed by atoms with E-state index in [1.807, 2.05) is 0 Å². The van der Waals surface area contributed by atoms with Crippen molar-refractivity contribution in [3.63, 3.8) is 0 Å². The number of esters is 3. The highest BCUT2D eigenvalue weighted by atomic mass is 16.6. The molecule has 0 aliphatic heterocycles. The molecule has 0 saturated heterocycles. The maximum absolute atomic E-state index is 12.9. The second-order valence-corrected chi connectivity index (χ2v) is 22.4. The zero-order valence-corrected chi connectivity index (χ0v) is 50.8. The van der Waals surface area contributed by atoms with Crippen molar-refractivity contribution in [2.75, 3.05) is 13.2 Å². The monoisotopic (exact) mass is 1060 g/mol. The minimum atomic E-state index is -0.774. The molecule has 0 rings (SSSR count). The number of rotatable bonds is 61. The smallest absolute Gasteiger partial charge is 0.306 e. The Morgan fingerprint density at radius 2 is 0.539 bits per heavy atom. The summed E-state index contributed by atoms with van der Waals surface area (Å²) in [5, 5.41) is 0. The number of allylic oxidation sites excluding steroid dienone is 10. The van der Waals surface area contributed by atoms with Gasteiger partial charge in [0.2, 0.25) is 0 Å². The maximum Gasteiger partial charge on any atom is 0.306 e. The predicted molar refractivity (Wildman–Crippen MR) is 330 cm³/mol. The van der Waals surface area contributed by atoms with E-state index < -0.39 is 6.10 Å². The van der Waals surface area contributed by atoms with Crippen LogP contribution in [-0.4, -0.2) is 37.2 Å². The van der Waals surface area contributed by atoms with Crippen LogP contribution in [0.25, 0.3) is 0 Å². The number of unbranched alkanes of at least 4 members (excludes halogenated alkanes) is 40. The summed E-state index contributed by atoms with van der Waals surface area (Å²) in [6.07, 6.45) is 82.5. The lowest BCUT2D eigenvalue weighted by molar-refractivity contribution is -0.167. The quantitative estimate of drug-likeness (QED) is 0.0261. The van der Waals surface area contributed by atoms with Crippen LogP contribution < -0.4 is 0 Å². The van der Waals surface area contributed by atoms with Gasteiger partial charge in [-0.15, -0.1) is 0 Å². The van der Waals surface area contributed by atoms with Gasteiger partial charge in [-0.25, -0.2) is 0 Å². The molecule has 0 aliphatic rings. The Kier molecular flexibility index (Phi) is 62.2. The first kappa shape index (κ1) is 73.1. The van der Waals surface area contributed by atoms with Gasteiger partial charge in [-0.05, 0) is 77.0 Å². The summed E-state index contributed by atoms with van der Waals surface area (Å²) in [6.45, 7) is 6.51. The highest BCUT2D eigenvalue weighted by Gasteiger charge is 2.19. The molecule has 0 amide bonds. The maximum atomic E-state index is 12.9. The summed E-state index contributed by atoms with van der Waals surface area (Å²) in [5.41, 5.74) is 0.